The van der Waals surface area contributed by atoms with E-state index in [2.05, 4.69) is 34.7 Å². The summed E-state index contributed by atoms with van der Waals surface area (Å²) in [5.41, 5.74) is 0.374. The molecule has 2 unspecified atom stereocenters. The van der Waals surface area contributed by atoms with E-state index in [4.69, 9.17) is 4.74 Å². The van der Waals surface area contributed by atoms with Crippen molar-refractivity contribution < 1.29 is 4.74 Å². The molecule has 1 aliphatic heterocycles. The van der Waals surface area contributed by atoms with Crippen molar-refractivity contribution in [2.75, 3.05) is 25.0 Å². The predicted molar refractivity (Wildman–Crippen MR) is 71.1 cm³/mol. The molecule has 0 aromatic rings. The maximum absolute atomic E-state index is 5.91. The molecule has 94 valence electrons. The van der Waals surface area contributed by atoms with Gasteiger partial charge < -0.3 is 4.74 Å². The second-order valence-corrected chi connectivity index (χ2v) is 6.59. The SMILES string of the molecule is CC(C)(CBr)CN1CCOC2CCCCC21. The lowest BCUT2D eigenvalue weighted by Crippen LogP contribution is -2.55. The van der Waals surface area contributed by atoms with Gasteiger partial charge >= 0.3 is 0 Å². The molecule has 2 fully saturated rings. The summed E-state index contributed by atoms with van der Waals surface area (Å²) >= 11 is 3.63. The Labute approximate surface area is 108 Å². The summed E-state index contributed by atoms with van der Waals surface area (Å²) in [5, 5.41) is 1.08. The lowest BCUT2D eigenvalue weighted by Gasteiger charge is -2.46. The molecule has 16 heavy (non-hydrogen) atoms. The molecule has 2 atom stereocenters. The van der Waals surface area contributed by atoms with Crippen LogP contribution in [-0.2, 0) is 4.74 Å². The van der Waals surface area contributed by atoms with E-state index in [-0.39, 0.29) is 0 Å². The minimum absolute atomic E-state index is 0.374. The molecule has 0 aromatic heterocycles. The Bertz CT molecular complexity index is 230. The van der Waals surface area contributed by atoms with Crippen LogP contribution in [0.3, 0.4) is 0 Å². The maximum Gasteiger partial charge on any atom is 0.0730 e. The second kappa shape index (κ2) is 5.36. The molecule has 1 saturated carbocycles. The number of ether oxygens (including phenoxy) is 1. The highest BCUT2D eigenvalue weighted by Gasteiger charge is 2.36. The lowest BCUT2D eigenvalue weighted by molar-refractivity contribution is -0.0953. The summed E-state index contributed by atoms with van der Waals surface area (Å²) in [5.74, 6) is 0. The topological polar surface area (TPSA) is 12.5 Å². The largest absolute Gasteiger partial charge is 0.375 e. The van der Waals surface area contributed by atoms with Crippen molar-refractivity contribution in [2.45, 2.75) is 51.7 Å². The minimum atomic E-state index is 0.374. The first kappa shape index (κ1) is 12.8. The Hall–Kier alpha value is 0.400. The second-order valence-electron chi connectivity index (χ2n) is 6.03. The summed E-state index contributed by atoms with van der Waals surface area (Å²) in [6.07, 6.45) is 5.87. The molecule has 0 radical (unpaired) electrons. The number of nitrogens with zero attached hydrogens (tertiary/aromatic N) is 1. The third-order valence-corrected chi connectivity index (χ3v) is 5.36. The monoisotopic (exact) mass is 289 g/mol. The molecule has 0 aromatic carbocycles. The number of rotatable bonds is 3. The third kappa shape index (κ3) is 2.99. The summed E-state index contributed by atoms with van der Waals surface area (Å²) in [6, 6.07) is 0.695. The van der Waals surface area contributed by atoms with Crippen molar-refractivity contribution >= 4 is 15.9 Å². The van der Waals surface area contributed by atoms with Crippen LogP contribution >= 0.6 is 15.9 Å². The fourth-order valence-corrected chi connectivity index (χ4v) is 3.14. The van der Waals surface area contributed by atoms with E-state index < -0.39 is 0 Å². The Balaban J connectivity index is 1.97. The molecular formula is C13H24BrNO. The first-order valence-electron chi connectivity index (χ1n) is 6.54. The van der Waals surface area contributed by atoms with E-state index in [1.807, 2.05) is 0 Å². The van der Waals surface area contributed by atoms with Gasteiger partial charge in [-0.05, 0) is 18.3 Å². The Morgan fingerprint density at radius 2 is 2.06 bits per heavy atom. The van der Waals surface area contributed by atoms with Crippen LogP contribution in [0.15, 0.2) is 0 Å². The number of alkyl halides is 1. The number of fused-ring (bicyclic) bond motifs is 1. The van der Waals surface area contributed by atoms with Crippen molar-refractivity contribution in [3.63, 3.8) is 0 Å². The van der Waals surface area contributed by atoms with Gasteiger partial charge in [-0.2, -0.15) is 0 Å². The van der Waals surface area contributed by atoms with Gasteiger partial charge in [0.05, 0.1) is 12.7 Å². The van der Waals surface area contributed by atoms with Crippen LogP contribution in [0, 0.1) is 5.41 Å². The highest BCUT2D eigenvalue weighted by atomic mass is 79.9. The Kier molecular flexibility index (Phi) is 4.31. The van der Waals surface area contributed by atoms with E-state index in [0.717, 1.165) is 18.5 Å². The number of hydrogen-bond acceptors (Lipinski definition) is 2. The number of hydrogen-bond donors (Lipinski definition) is 0. The van der Waals surface area contributed by atoms with Gasteiger partial charge in [0.2, 0.25) is 0 Å². The van der Waals surface area contributed by atoms with E-state index in [1.165, 1.54) is 32.2 Å². The predicted octanol–water partition coefficient (Wildman–Crippen LogP) is 3.05. The number of morpholine rings is 1. The van der Waals surface area contributed by atoms with Crippen molar-refractivity contribution in [3.8, 4) is 0 Å². The van der Waals surface area contributed by atoms with Gasteiger partial charge in [0, 0.05) is 24.5 Å². The van der Waals surface area contributed by atoms with Gasteiger partial charge in [0.15, 0.2) is 0 Å². The molecule has 1 aliphatic carbocycles. The van der Waals surface area contributed by atoms with Crippen LogP contribution in [0.25, 0.3) is 0 Å². The molecule has 0 N–H and O–H groups in total. The molecule has 1 saturated heterocycles. The molecule has 2 aliphatic rings. The zero-order valence-electron chi connectivity index (χ0n) is 10.5. The maximum atomic E-state index is 5.91. The van der Waals surface area contributed by atoms with Gasteiger partial charge in [-0.25, -0.2) is 0 Å². The van der Waals surface area contributed by atoms with Crippen LogP contribution in [0.4, 0.5) is 0 Å². The van der Waals surface area contributed by atoms with Gasteiger partial charge in [-0.15, -0.1) is 0 Å². The van der Waals surface area contributed by atoms with Crippen LogP contribution in [0.1, 0.15) is 39.5 Å². The molecule has 0 spiro atoms. The van der Waals surface area contributed by atoms with E-state index in [0.29, 0.717) is 17.6 Å². The first-order chi connectivity index (χ1) is 7.62. The molecule has 2 nitrogen and oxygen atoms in total. The Morgan fingerprint density at radius 3 is 2.81 bits per heavy atom. The minimum Gasteiger partial charge on any atom is -0.375 e. The normalized spacial score (nSPS) is 32.4. The summed E-state index contributed by atoms with van der Waals surface area (Å²) in [4.78, 5) is 2.68. The fraction of sp³-hybridized carbons (Fsp3) is 1.00. The van der Waals surface area contributed by atoms with E-state index in [1.54, 1.807) is 0 Å². The van der Waals surface area contributed by atoms with Crippen LogP contribution in [0.2, 0.25) is 0 Å². The van der Waals surface area contributed by atoms with Crippen molar-refractivity contribution in [1.29, 1.82) is 0 Å². The molecule has 0 amide bonds. The molecular weight excluding hydrogens is 266 g/mol. The van der Waals surface area contributed by atoms with Crippen molar-refractivity contribution in [2.24, 2.45) is 5.41 Å². The summed E-state index contributed by atoms with van der Waals surface area (Å²) < 4.78 is 5.91. The van der Waals surface area contributed by atoms with Crippen molar-refractivity contribution in [1.82, 2.24) is 4.90 Å². The zero-order chi connectivity index (χ0) is 11.6. The fourth-order valence-electron chi connectivity index (χ4n) is 2.96. The third-order valence-electron chi connectivity index (χ3n) is 3.84. The summed E-state index contributed by atoms with van der Waals surface area (Å²) in [7, 11) is 0. The zero-order valence-corrected chi connectivity index (χ0v) is 12.1. The first-order valence-corrected chi connectivity index (χ1v) is 7.66. The Morgan fingerprint density at radius 1 is 1.31 bits per heavy atom. The van der Waals surface area contributed by atoms with E-state index >= 15 is 0 Å². The average Bonchev–Trinajstić information content (AvgIpc) is 2.29. The van der Waals surface area contributed by atoms with Gasteiger partial charge in [-0.1, -0.05) is 42.6 Å². The molecule has 0 bridgehead atoms. The van der Waals surface area contributed by atoms with E-state index in [9.17, 15) is 0 Å². The summed E-state index contributed by atoms with van der Waals surface area (Å²) in [6.45, 7) is 7.93. The van der Waals surface area contributed by atoms with Gasteiger partial charge in [0.25, 0.3) is 0 Å². The quantitative estimate of drug-likeness (QED) is 0.741. The van der Waals surface area contributed by atoms with Crippen molar-refractivity contribution in [3.05, 3.63) is 0 Å². The number of halogens is 1. The highest BCUT2D eigenvalue weighted by molar-refractivity contribution is 9.09. The smallest absolute Gasteiger partial charge is 0.0730 e. The molecule has 2 rings (SSSR count). The van der Waals surface area contributed by atoms with Crippen LogP contribution in [0.5, 0.6) is 0 Å². The van der Waals surface area contributed by atoms with Crippen LogP contribution < -0.4 is 0 Å². The standard InChI is InChI=1S/C13H24BrNO/c1-13(2,9-14)10-15-7-8-16-12-6-4-3-5-11(12)15/h11-12H,3-10H2,1-2H3. The molecule has 1 heterocycles. The highest BCUT2D eigenvalue weighted by Crippen LogP contribution is 2.31. The van der Waals surface area contributed by atoms with Crippen LogP contribution in [-0.4, -0.2) is 42.1 Å². The van der Waals surface area contributed by atoms with Gasteiger partial charge in [-0.3, -0.25) is 4.90 Å². The van der Waals surface area contributed by atoms with Gasteiger partial charge in [0.1, 0.15) is 0 Å². The lowest BCUT2D eigenvalue weighted by atomic mass is 9.87. The molecule has 3 heteroatoms. The average molecular weight is 290 g/mol.